The summed E-state index contributed by atoms with van der Waals surface area (Å²) in [6.07, 6.45) is 1.82. The topological polar surface area (TPSA) is 102 Å². The summed E-state index contributed by atoms with van der Waals surface area (Å²) in [5.74, 6) is -0.222. The first-order valence-corrected chi connectivity index (χ1v) is 10.2. The van der Waals surface area contributed by atoms with Crippen molar-refractivity contribution in [2.45, 2.75) is 24.2 Å². The molecule has 0 bridgehead atoms. The SMILES string of the molecule is COc1c(F)cc(CC(=O)N2CC[C@@H]3CNC[C@@H]3CC2)cc1S(N)(=O)=O.Cl. The Morgan fingerprint density at radius 3 is 2.41 bits per heavy atom. The second-order valence-corrected chi connectivity index (χ2v) is 8.50. The van der Waals surface area contributed by atoms with Gasteiger partial charge in [-0.05, 0) is 55.5 Å². The maximum absolute atomic E-state index is 14.2. The lowest BCUT2D eigenvalue weighted by molar-refractivity contribution is -0.130. The molecule has 1 amide bonds. The molecule has 0 aromatic heterocycles. The summed E-state index contributed by atoms with van der Waals surface area (Å²) in [5, 5.41) is 8.53. The standard InChI is InChI=1S/C17H24FN3O4S.ClH/c1-25-17-14(18)6-11(7-15(17)26(19,23)24)8-16(22)21-4-2-12-9-20-10-13(12)3-5-21;/h6-7,12-13,20H,2-5,8-10H2,1H3,(H2,19,23,24);1H/t12-,13+;. The van der Waals surface area contributed by atoms with Gasteiger partial charge in [0.1, 0.15) is 4.90 Å². The maximum atomic E-state index is 14.2. The van der Waals surface area contributed by atoms with E-state index in [0.717, 1.165) is 32.0 Å². The molecule has 10 heteroatoms. The van der Waals surface area contributed by atoms with E-state index in [4.69, 9.17) is 9.88 Å². The van der Waals surface area contributed by atoms with E-state index in [1.54, 1.807) is 4.90 Å². The van der Waals surface area contributed by atoms with Crippen LogP contribution in [-0.4, -0.2) is 52.5 Å². The zero-order valence-electron chi connectivity index (χ0n) is 15.1. The Labute approximate surface area is 164 Å². The number of methoxy groups -OCH3 is 1. The van der Waals surface area contributed by atoms with E-state index in [1.807, 2.05) is 0 Å². The van der Waals surface area contributed by atoms with Crippen LogP contribution in [0.1, 0.15) is 18.4 Å². The summed E-state index contributed by atoms with van der Waals surface area (Å²) in [5.41, 5.74) is 0.267. The van der Waals surface area contributed by atoms with E-state index in [0.29, 0.717) is 24.9 Å². The van der Waals surface area contributed by atoms with Crippen LogP contribution in [0.15, 0.2) is 17.0 Å². The fourth-order valence-electron chi connectivity index (χ4n) is 3.89. The van der Waals surface area contributed by atoms with Crippen molar-refractivity contribution in [2.75, 3.05) is 33.3 Å². The first-order chi connectivity index (χ1) is 12.3. The number of hydrogen-bond donors (Lipinski definition) is 2. The molecule has 0 radical (unpaired) electrons. The van der Waals surface area contributed by atoms with Crippen LogP contribution in [0.25, 0.3) is 0 Å². The average Bonchev–Trinajstić information content (AvgIpc) is 2.91. The van der Waals surface area contributed by atoms with E-state index in [1.165, 1.54) is 13.2 Å². The van der Waals surface area contributed by atoms with Crippen molar-refractivity contribution in [1.82, 2.24) is 10.2 Å². The largest absolute Gasteiger partial charge is 0.492 e. The maximum Gasteiger partial charge on any atom is 0.241 e. The first-order valence-electron chi connectivity index (χ1n) is 8.67. The number of amides is 1. The third kappa shape index (κ3) is 4.90. The van der Waals surface area contributed by atoms with Gasteiger partial charge in [-0.15, -0.1) is 12.4 Å². The zero-order valence-corrected chi connectivity index (χ0v) is 16.7. The number of fused-ring (bicyclic) bond motifs is 1. The highest BCUT2D eigenvalue weighted by atomic mass is 35.5. The Balaban J connectivity index is 0.00000261. The third-order valence-corrected chi connectivity index (χ3v) is 6.22. The number of nitrogens with one attached hydrogen (secondary N) is 1. The minimum atomic E-state index is -4.16. The van der Waals surface area contributed by atoms with Gasteiger partial charge in [-0.2, -0.15) is 0 Å². The second-order valence-electron chi connectivity index (χ2n) is 6.97. The van der Waals surface area contributed by atoms with Crippen molar-refractivity contribution in [1.29, 1.82) is 0 Å². The number of rotatable bonds is 4. The van der Waals surface area contributed by atoms with Crippen molar-refractivity contribution in [3.63, 3.8) is 0 Å². The van der Waals surface area contributed by atoms with E-state index < -0.39 is 26.5 Å². The Kier molecular flexibility index (Phi) is 7.07. The normalized spacial score (nSPS) is 22.6. The predicted molar refractivity (Wildman–Crippen MR) is 101 cm³/mol. The lowest BCUT2D eigenvalue weighted by atomic mass is 9.92. The molecule has 3 rings (SSSR count). The van der Waals surface area contributed by atoms with Crippen molar-refractivity contribution in [3.05, 3.63) is 23.5 Å². The molecular weight excluding hydrogens is 397 g/mol. The molecular formula is C17H25ClFN3O4S. The summed E-state index contributed by atoms with van der Waals surface area (Å²) in [4.78, 5) is 14.0. The summed E-state index contributed by atoms with van der Waals surface area (Å²) in [6, 6.07) is 2.34. The number of likely N-dealkylation sites (tertiary alicyclic amines) is 1. The summed E-state index contributed by atoms with van der Waals surface area (Å²) < 4.78 is 42.4. The molecule has 0 spiro atoms. The molecule has 0 unspecified atom stereocenters. The van der Waals surface area contributed by atoms with Gasteiger partial charge in [-0.25, -0.2) is 17.9 Å². The van der Waals surface area contributed by atoms with Gasteiger partial charge < -0.3 is 15.0 Å². The molecule has 152 valence electrons. The number of sulfonamides is 1. The fourth-order valence-corrected chi connectivity index (χ4v) is 4.64. The molecule has 2 aliphatic rings. The molecule has 1 aromatic carbocycles. The van der Waals surface area contributed by atoms with Crippen LogP contribution in [0.2, 0.25) is 0 Å². The van der Waals surface area contributed by atoms with Gasteiger partial charge in [0.2, 0.25) is 15.9 Å². The number of carbonyl (C=O) groups is 1. The highest BCUT2D eigenvalue weighted by molar-refractivity contribution is 7.89. The first kappa shape index (κ1) is 21.9. The van der Waals surface area contributed by atoms with Crippen LogP contribution < -0.4 is 15.2 Å². The molecule has 0 saturated carbocycles. The van der Waals surface area contributed by atoms with Crippen LogP contribution in [0.4, 0.5) is 4.39 Å². The minimum absolute atomic E-state index is 0. The highest BCUT2D eigenvalue weighted by Gasteiger charge is 2.31. The summed E-state index contributed by atoms with van der Waals surface area (Å²) >= 11 is 0. The minimum Gasteiger partial charge on any atom is -0.492 e. The number of halogens is 2. The van der Waals surface area contributed by atoms with Gasteiger partial charge in [0.15, 0.2) is 11.6 Å². The van der Waals surface area contributed by atoms with Crippen LogP contribution in [0.3, 0.4) is 0 Å². The Morgan fingerprint density at radius 1 is 1.30 bits per heavy atom. The number of primary sulfonamides is 1. The molecule has 2 saturated heterocycles. The number of nitrogens with two attached hydrogens (primary N) is 1. The van der Waals surface area contributed by atoms with Gasteiger partial charge in [-0.1, -0.05) is 0 Å². The lowest BCUT2D eigenvalue weighted by Crippen LogP contribution is -2.34. The van der Waals surface area contributed by atoms with Gasteiger partial charge in [-0.3, -0.25) is 4.79 Å². The van der Waals surface area contributed by atoms with Gasteiger partial charge in [0, 0.05) is 13.1 Å². The Morgan fingerprint density at radius 2 is 1.89 bits per heavy atom. The van der Waals surface area contributed by atoms with Crippen molar-refractivity contribution in [2.24, 2.45) is 17.0 Å². The van der Waals surface area contributed by atoms with Gasteiger partial charge in [0.25, 0.3) is 0 Å². The van der Waals surface area contributed by atoms with Crippen molar-refractivity contribution in [3.8, 4) is 5.75 Å². The highest BCUT2D eigenvalue weighted by Crippen LogP contribution is 2.29. The number of hydrogen-bond acceptors (Lipinski definition) is 5. The van der Waals surface area contributed by atoms with E-state index in [2.05, 4.69) is 5.32 Å². The summed E-state index contributed by atoms with van der Waals surface area (Å²) in [6.45, 7) is 3.33. The lowest BCUT2D eigenvalue weighted by Gasteiger charge is -2.21. The second kappa shape index (κ2) is 8.72. The van der Waals surface area contributed by atoms with E-state index in [-0.39, 0.29) is 30.3 Å². The predicted octanol–water partition coefficient (Wildman–Crippen LogP) is 0.904. The van der Waals surface area contributed by atoms with Crippen LogP contribution in [0, 0.1) is 17.7 Å². The molecule has 27 heavy (non-hydrogen) atoms. The van der Waals surface area contributed by atoms with E-state index >= 15 is 0 Å². The molecule has 2 aliphatic heterocycles. The van der Waals surface area contributed by atoms with Crippen molar-refractivity contribution < 1.29 is 22.3 Å². The Hall–Kier alpha value is -1.42. The molecule has 3 N–H and O–H groups in total. The molecule has 1 aromatic rings. The molecule has 2 atom stereocenters. The monoisotopic (exact) mass is 421 g/mol. The molecule has 2 heterocycles. The smallest absolute Gasteiger partial charge is 0.241 e. The molecule has 7 nitrogen and oxygen atoms in total. The van der Waals surface area contributed by atoms with E-state index in [9.17, 15) is 17.6 Å². The molecule has 0 aliphatic carbocycles. The number of nitrogens with zero attached hydrogens (tertiary/aromatic N) is 1. The number of benzene rings is 1. The fraction of sp³-hybridized carbons (Fsp3) is 0.588. The van der Waals surface area contributed by atoms with Gasteiger partial charge >= 0.3 is 0 Å². The number of carbonyl (C=O) groups excluding carboxylic acids is 1. The third-order valence-electron chi connectivity index (χ3n) is 5.31. The van der Waals surface area contributed by atoms with Crippen molar-refractivity contribution >= 4 is 28.3 Å². The quantitative estimate of drug-likeness (QED) is 0.752. The summed E-state index contributed by atoms with van der Waals surface area (Å²) in [7, 11) is -3.00. The van der Waals surface area contributed by atoms with Gasteiger partial charge in [0.05, 0.1) is 13.5 Å². The molecule has 2 fully saturated rings. The van der Waals surface area contributed by atoms with Crippen LogP contribution >= 0.6 is 12.4 Å². The average molecular weight is 422 g/mol. The Bertz CT molecular complexity index is 792. The van der Waals surface area contributed by atoms with Crippen LogP contribution in [0.5, 0.6) is 5.75 Å². The number of ether oxygens (including phenoxy) is 1. The van der Waals surface area contributed by atoms with Crippen LogP contribution in [-0.2, 0) is 21.2 Å². The zero-order chi connectivity index (χ0) is 18.9.